The van der Waals surface area contributed by atoms with Crippen molar-refractivity contribution in [2.75, 3.05) is 13.1 Å². The van der Waals surface area contributed by atoms with E-state index in [-0.39, 0.29) is 5.91 Å². The summed E-state index contributed by atoms with van der Waals surface area (Å²) < 4.78 is 0. The molecular weight excluding hydrogens is 200 g/mol. The van der Waals surface area contributed by atoms with Gasteiger partial charge < -0.3 is 10.6 Å². The third kappa shape index (κ3) is 3.63. The third-order valence-electron chi connectivity index (χ3n) is 3.56. The average molecular weight is 222 g/mol. The van der Waals surface area contributed by atoms with Gasteiger partial charge in [0.05, 0.1) is 0 Å². The van der Waals surface area contributed by atoms with Gasteiger partial charge in [0, 0.05) is 19.0 Å². The van der Waals surface area contributed by atoms with Crippen molar-refractivity contribution >= 4 is 5.91 Å². The second-order valence-electron chi connectivity index (χ2n) is 4.95. The fourth-order valence-corrected chi connectivity index (χ4v) is 2.53. The number of hydrogen-bond donors (Lipinski definition) is 2. The molecule has 0 aromatic carbocycles. The molecule has 1 amide bonds. The number of carbonyl (C=O) groups excluding carboxylic acids is 1. The second kappa shape index (κ2) is 6.04. The van der Waals surface area contributed by atoms with Crippen LogP contribution >= 0.6 is 0 Å². The molecule has 0 aromatic rings. The summed E-state index contributed by atoms with van der Waals surface area (Å²) in [6.07, 6.45) is 11.0. The van der Waals surface area contributed by atoms with Gasteiger partial charge in [0.1, 0.15) is 0 Å². The minimum Gasteiger partial charge on any atom is -0.356 e. The maximum Gasteiger partial charge on any atom is 0.221 e. The lowest BCUT2D eigenvalue weighted by molar-refractivity contribution is -0.121. The minimum atomic E-state index is 0.217. The number of allylic oxidation sites excluding steroid dienone is 2. The molecule has 2 N–H and O–H groups in total. The first-order valence-electron chi connectivity index (χ1n) is 6.49. The summed E-state index contributed by atoms with van der Waals surface area (Å²) >= 11 is 0. The summed E-state index contributed by atoms with van der Waals surface area (Å²) in [5.41, 5.74) is 0. The highest BCUT2D eigenvalue weighted by Gasteiger charge is 2.18. The standard InChI is InChI=1S/C13H22N2O/c16-13(9-12-7-4-8-14-12)15-10-11-5-2-1-3-6-11/h1-2,11-12,14H,3-10H2,(H,15,16). The van der Waals surface area contributed by atoms with Gasteiger partial charge in [0.25, 0.3) is 0 Å². The van der Waals surface area contributed by atoms with Crippen LogP contribution in [-0.2, 0) is 4.79 Å². The smallest absolute Gasteiger partial charge is 0.221 e. The Morgan fingerprint density at radius 1 is 1.38 bits per heavy atom. The Hall–Kier alpha value is -0.830. The molecule has 1 saturated heterocycles. The van der Waals surface area contributed by atoms with E-state index in [2.05, 4.69) is 22.8 Å². The molecule has 3 heteroatoms. The van der Waals surface area contributed by atoms with Crippen molar-refractivity contribution in [1.29, 1.82) is 0 Å². The van der Waals surface area contributed by atoms with Crippen molar-refractivity contribution in [3.8, 4) is 0 Å². The molecule has 1 fully saturated rings. The Kier molecular flexibility index (Phi) is 4.40. The molecule has 16 heavy (non-hydrogen) atoms. The Bertz CT molecular complexity index is 257. The molecule has 1 heterocycles. The normalized spacial score (nSPS) is 29.2. The van der Waals surface area contributed by atoms with E-state index in [1.807, 2.05) is 0 Å². The molecule has 90 valence electrons. The number of hydrogen-bond acceptors (Lipinski definition) is 2. The first-order valence-corrected chi connectivity index (χ1v) is 6.49. The lowest BCUT2D eigenvalue weighted by Crippen LogP contribution is -2.34. The Labute approximate surface area is 97.7 Å². The van der Waals surface area contributed by atoms with Gasteiger partial charge in [-0.25, -0.2) is 0 Å². The van der Waals surface area contributed by atoms with Gasteiger partial charge in [-0.2, -0.15) is 0 Å². The van der Waals surface area contributed by atoms with Crippen molar-refractivity contribution in [2.24, 2.45) is 5.92 Å². The van der Waals surface area contributed by atoms with E-state index < -0.39 is 0 Å². The van der Waals surface area contributed by atoms with E-state index in [9.17, 15) is 4.79 Å². The topological polar surface area (TPSA) is 41.1 Å². The molecule has 0 spiro atoms. The van der Waals surface area contributed by atoms with Crippen LogP contribution in [0, 0.1) is 5.92 Å². The fraction of sp³-hybridized carbons (Fsp3) is 0.769. The molecule has 0 radical (unpaired) electrons. The van der Waals surface area contributed by atoms with Crippen molar-refractivity contribution in [1.82, 2.24) is 10.6 Å². The van der Waals surface area contributed by atoms with Crippen molar-refractivity contribution in [3.05, 3.63) is 12.2 Å². The van der Waals surface area contributed by atoms with Gasteiger partial charge in [-0.3, -0.25) is 4.79 Å². The quantitative estimate of drug-likeness (QED) is 0.709. The van der Waals surface area contributed by atoms with Crippen LogP contribution in [0.15, 0.2) is 12.2 Å². The van der Waals surface area contributed by atoms with Crippen molar-refractivity contribution in [3.63, 3.8) is 0 Å². The summed E-state index contributed by atoms with van der Waals surface area (Å²) in [4.78, 5) is 11.7. The Morgan fingerprint density at radius 2 is 2.31 bits per heavy atom. The maximum atomic E-state index is 11.7. The van der Waals surface area contributed by atoms with Crippen LogP contribution in [0.4, 0.5) is 0 Å². The Morgan fingerprint density at radius 3 is 3.00 bits per heavy atom. The SMILES string of the molecule is O=C(CC1CCCN1)NCC1CC=CCC1. The minimum absolute atomic E-state index is 0.217. The van der Waals surface area contributed by atoms with Crippen LogP contribution in [0.25, 0.3) is 0 Å². The molecule has 0 aromatic heterocycles. The predicted molar refractivity (Wildman–Crippen MR) is 65.1 cm³/mol. The van der Waals surface area contributed by atoms with Crippen LogP contribution in [0.1, 0.15) is 38.5 Å². The van der Waals surface area contributed by atoms with E-state index in [0.29, 0.717) is 18.4 Å². The maximum absolute atomic E-state index is 11.7. The van der Waals surface area contributed by atoms with E-state index in [1.165, 1.54) is 19.3 Å². The van der Waals surface area contributed by atoms with Crippen LogP contribution in [0.2, 0.25) is 0 Å². The van der Waals surface area contributed by atoms with Gasteiger partial charge in [-0.15, -0.1) is 0 Å². The van der Waals surface area contributed by atoms with Crippen LogP contribution in [-0.4, -0.2) is 25.0 Å². The summed E-state index contributed by atoms with van der Waals surface area (Å²) in [5.74, 6) is 0.874. The van der Waals surface area contributed by atoms with Gasteiger partial charge >= 0.3 is 0 Å². The fourth-order valence-electron chi connectivity index (χ4n) is 2.53. The van der Waals surface area contributed by atoms with E-state index in [4.69, 9.17) is 0 Å². The monoisotopic (exact) mass is 222 g/mol. The molecule has 0 bridgehead atoms. The van der Waals surface area contributed by atoms with Crippen LogP contribution in [0.5, 0.6) is 0 Å². The molecule has 1 aliphatic carbocycles. The number of amides is 1. The highest BCUT2D eigenvalue weighted by Crippen LogP contribution is 2.17. The molecule has 1 aliphatic heterocycles. The number of rotatable bonds is 4. The van der Waals surface area contributed by atoms with Crippen molar-refractivity contribution < 1.29 is 4.79 Å². The third-order valence-corrected chi connectivity index (χ3v) is 3.56. The first-order chi connectivity index (χ1) is 7.84. The molecule has 2 rings (SSSR count). The van der Waals surface area contributed by atoms with Gasteiger partial charge in [-0.05, 0) is 44.6 Å². The molecule has 2 atom stereocenters. The van der Waals surface area contributed by atoms with Crippen LogP contribution < -0.4 is 10.6 Å². The van der Waals surface area contributed by atoms with E-state index in [0.717, 1.165) is 25.9 Å². The first kappa shape index (κ1) is 11.6. The summed E-state index contributed by atoms with van der Waals surface area (Å²) in [6.45, 7) is 1.93. The second-order valence-corrected chi connectivity index (χ2v) is 4.95. The highest BCUT2D eigenvalue weighted by molar-refractivity contribution is 5.76. The largest absolute Gasteiger partial charge is 0.356 e. The van der Waals surface area contributed by atoms with Gasteiger partial charge in [0.2, 0.25) is 5.91 Å². The lowest BCUT2D eigenvalue weighted by atomic mass is 9.94. The van der Waals surface area contributed by atoms with Gasteiger partial charge in [0.15, 0.2) is 0 Å². The molecule has 2 aliphatic rings. The van der Waals surface area contributed by atoms with Gasteiger partial charge in [-0.1, -0.05) is 12.2 Å². The zero-order valence-corrected chi connectivity index (χ0v) is 9.87. The average Bonchev–Trinajstić information content (AvgIpc) is 2.81. The molecule has 2 unspecified atom stereocenters. The number of nitrogens with one attached hydrogen (secondary N) is 2. The predicted octanol–water partition coefficient (Wildman–Crippen LogP) is 1.60. The lowest BCUT2D eigenvalue weighted by Gasteiger charge is -2.18. The Balaban J connectivity index is 1.61. The number of carbonyl (C=O) groups is 1. The summed E-state index contributed by atoms with van der Waals surface area (Å²) in [7, 11) is 0. The zero-order chi connectivity index (χ0) is 11.2. The van der Waals surface area contributed by atoms with E-state index >= 15 is 0 Å². The molecular formula is C13H22N2O. The highest BCUT2D eigenvalue weighted by atomic mass is 16.1. The summed E-state index contributed by atoms with van der Waals surface area (Å²) in [6, 6.07) is 0.422. The van der Waals surface area contributed by atoms with Crippen molar-refractivity contribution in [2.45, 2.75) is 44.6 Å². The van der Waals surface area contributed by atoms with Crippen LogP contribution in [0.3, 0.4) is 0 Å². The molecule has 3 nitrogen and oxygen atoms in total. The zero-order valence-electron chi connectivity index (χ0n) is 9.87. The molecule has 0 saturated carbocycles. The van der Waals surface area contributed by atoms with E-state index in [1.54, 1.807) is 0 Å². The summed E-state index contributed by atoms with van der Waals surface area (Å²) in [5, 5.41) is 6.42.